The summed E-state index contributed by atoms with van der Waals surface area (Å²) >= 11 is 1.13. The van der Waals surface area contributed by atoms with Crippen LogP contribution in [-0.2, 0) is 16.1 Å². The number of carbonyl (C=O) groups excluding carboxylic acids is 2. The third-order valence-corrected chi connectivity index (χ3v) is 5.13. The molecule has 2 heterocycles. The Morgan fingerprint density at radius 1 is 1.15 bits per heavy atom. The zero-order valence-electron chi connectivity index (χ0n) is 14.8. The normalized spacial score (nSPS) is 15.5. The first-order chi connectivity index (χ1) is 12.6. The topological polar surface area (TPSA) is 75.6 Å². The summed E-state index contributed by atoms with van der Waals surface area (Å²) in [6.45, 7) is 5.00. The first-order valence-corrected chi connectivity index (χ1v) is 9.41. The molecule has 2 aromatic rings. The van der Waals surface area contributed by atoms with E-state index in [0.717, 1.165) is 30.1 Å². The molecular formula is C18H22N4O3S. The molecule has 0 bridgehead atoms. The Morgan fingerprint density at radius 3 is 2.69 bits per heavy atom. The fourth-order valence-corrected chi connectivity index (χ4v) is 3.49. The average Bonchev–Trinajstić information content (AvgIpc) is 2.94. The smallest absolute Gasteiger partial charge is 0.320 e. The molecule has 1 amide bonds. The Labute approximate surface area is 156 Å². The average molecular weight is 374 g/mol. The molecule has 1 fully saturated rings. The van der Waals surface area contributed by atoms with Crippen LogP contribution in [0.1, 0.15) is 27.3 Å². The maximum absolute atomic E-state index is 12.6. The van der Waals surface area contributed by atoms with Crippen LogP contribution in [0.3, 0.4) is 0 Å². The van der Waals surface area contributed by atoms with Crippen molar-refractivity contribution in [1.29, 1.82) is 0 Å². The quantitative estimate of drug-likeness (QED) is 0.742. The van der Waals surface area contributed by atoms with Crippen molar-refractivity contribution in [3.63, 3.8) is 0 Å². The van der Waals surface area contributed by atoms with Gasteiger partial charge in [-0.2, -0.15) is 0 Å². The number of esters is 1. The number of hydrogen-bond donors (Lipinski definition) is 0. The molecule has 8 heteroatoms. The minimum atomic E-state index is -0.240. The van der Waals surface area contributed by atoms with Crippen LogP contribution in [0.15, 0.2) is 30.3 Å². The number of aromatic nitrogens is 2. The minimum Gasteiger partial charge on any atom is -0.460 e. The lowest BCUT2D eigenvalue weighted by atomic mass is 10.2. The third-order valence-electron chi connectivity index (χ3n) is 4.32. The second kappa shape index (κ2) is 8.86. The number of hydrogen-bond acceptors (Lipinski definition) is 7. The highest BCUT2D eigenvalue weighted by molar-refractivity contribution is 7.07. The van der Waals surface area contributed by atoms with Crippen LogP contribution >= 0.6 is 11.5 Å². The molecule has 3 rings (SSSR count). The molecule has 0 unspecified atom stereocenters. The summed E-state index contributed by atoms with van der Waals surface area (Å²) in [5, 5.41) is 3.91. The van der Waals surface area contributed by atoms with Crippen molar-refractivity contribution in [2.45, 2.75) is 20.0 Å². The van der Waals surface area contributed by atoms with E-state index in [1.54, 1.807) is 6.92 Å². The number of rotatable bonds is 5. The fraction of sp³-hybridized carbons (Fsp3) is 0.444. The van der Waals surface area contributed by atoms with Crippen molar-refractivity contribution in [2.24, 2.45) is 0 Å². The number of ether oxygens (including phenoxy) is 1. The Hall–Kier alpha value is -2.32. The molecule has 1 saturated heterocycles. The Bertz CT molecular complexity index is 750. The van der Waals surface area contributed by atoms with Gasteiger partial charge in [0.15, 0.2) is 0 Å². The summed E-state index contributed by atoms with van der Waals surface area (Å²) in [7, 11) is 0. The Kier molecular flexibility index (Phi) is 6.30. The summed E-state index contributed by atoms with van der Waals surface area (Å²) < 4.78 is 9.18. The molecule has 1 aromatic carbocycles. The van der Waals surface area contributed by atoms with Gasteiger partial charge in [-0.25, -0.2) is 0 Å². The minimum absolute atomic E-state index is 0.0222. The maximum atomic E-state index is 12.6. The van der Waals surface area contributed by atoms with Crippen molar-refractivity contribution >= 4 is 23.4 Å². The van der Waals surface area contributed by atoms with Gasteiger partial charge >= 0.3 is 5.97 Å². The zero-order valence-corrected chi connectivity index (χ0v) is 15.6. The van der Waals surface area contributed by atoms with E-state index in [1.807, 2.05) is 40.1 Å². The van der Waals surface area contributed by atoms with Gasteiger partial charge in [-0.15, -0.1) is 5.10 Å². The maximum Gasteiger partial charge on any atom is 0.320 e. The van der Waals surface area contributed by atoms with Crippen LogP contribution < -0.4 is 0 Å². The lowest BCUT2D eigenvalue weighted by molar-refractivity contribution is -0.146. The molecule has 0 atom stereocenters. The molecule has 0 spiro atoms. The van der Waals surface area contributed by atoms with E-state index in [4.69, 9.17) is 4.74 Å². The number of aryl methyl sites for hydroxylation is 1. The summed E-state index contributed by atoms with van der Waals surface area (Å²) in [6.07, 6.45) is 0.822. The summed E-state index contributed by atoms with van der Waals surface area (Å²) in [6, 6.07) is 9.63. The first-order valence-electron chi connectivity index (χ1n) is 8.63. The van der Waals surface area contributed by atoms with Crippen LogP contribution in [0.5, 0.6) is 0 Å². The lowest BCUT2D eigenvalue weighted by Crippen LogP contribution is -2.37. The second-order valence-corrected chi connectivity index (χ2v) is 7.01. The molecule has 1 aliphatic heterocycles. The summed E-state index contributed by atoms with van der Waals surface area (Å²) in [5.41, 5.74) is 1.65. The molecule has 138 valence electrons. The predicted octanol–water partition coefficient (Wildman–Crippen LogP) is 1.74. The molecule has 26 heavy (non-hydrogen) atoms. The molecule has 1 aromatic heterocycles. The third kappa shape index (κ3) is 4.86. The Morgan fingerprint density at radius 2 is 1.96 bits per heavy atom. The van der Waals surface area contributed by atoms with E-state index < -0.39 is 0 Å². The van der Waals surface area contributed by atoms with Gasteiger partial charge in [0.05, 0.1) is 12.2 Å². The van der Waals surface area contributed by atoms with Crippen molar-refractivity contribution in [3.05, 3.63) is 46.5 Å². The molecule has 0 saturated carbocycles. The van der Waals surface area contributed by atoms with Crippen LogP contribution in [-0.4, -0.2) is 64.0 Å². The Balaban J connectivity index is 1.47. The monoisotopic (exact) mass is 374 g/mol. The highest BCUT2D eigenvalue weighted by atomic mass is 32.1. The van der Waals surface area contributed by atoms with Gasteiger partial charge in [0.25, 0.3) is 5.91 Å². The molecule has 1 aliphatic rings. The van der Waals surface area contributed by atoms with E-state index in [9.17, 15) is 9.59 Å². The van der Waals surface area contributed by atoms with Gasteiger partial charge < -0.3 is 9.64 Å². The highest BCUT2D eigenvalue weighted by Crippen LogP contribution is 2.14. The van der Waals surface area contributed by atoms with Crippen molar-refractivity contribution in [3.8, 4) is 0 Å². The van der Waals surface area contributed by atoms with Crippen molar-refractivity contribution < 1.29 is 14.3 Å². The van der Waals surface area contributed by atoms with E-state index in [0.29, 0.717) is 30.2 Å². The zero-order chi connectivity index (χ0) is 18.4. The highest BCUT2D eigenvalue weighted by Gasteiger charge is 2.24. The van der Waals surface area contributed by atoms with E-state index in [1.165, 1.54) is 0 Å². The molecule has 0 radical (unpaired) electrons. The molecule has 0 N–H and O–H groups in total. The number of amides is 1. The summed E-state index contributed by atoms with van der Waals surface area (Å²) in [4.78, 5) is 29.1. The van der Waals surface area contributed by atoms with Crippen molar-refractivity contribution in [1.82, 2.24) is 19.4 Å². The van der Waals surface area contributed by atoms with E-state index in [2.05, 4.69) is 9.59 Å². The van der Waals surface area contributed by atoms with E-state index >= 15 is 0 Å². The second-order valence-electron chi connectivity index (χ2n) is 6.26. The van der Waals surface area contributed by atoms with Crippen molar-refractivity contribution in [2.75, 3.05) is 32.7 Å². The predicted molar refractivity (Wildman–Crippen MR) is 97.8 cm³/mol. The van der Waals surface area contributed by atoms with Crippen LogP contribution in [0, 0.1) is 6.92 Å². The lowest BCUT2D eigenvalue weighted by Gasteiger charge is -2.21. The van der Waals surface area contributed by atoms with Crippen LogP contribution in [0.25, 0.3) is 0 Å². The SMILES string of the molecule is Cc1nnsc1C(=O)N1CCCN(CC(=O)OCc2ccccc2)CC1. The molecule has 0 aliphatic carbocycles. The van der Waals surface area contributed by atoms with Crippen LogP contribution in [0.4, 0.5) is 0 Å². The largest absolute Gasteiger partial charge is 0.460 e. The van der Waals surface area contributed by atoms with Crippen LogP contribution in [0.2, 0.25) is 0 Å². The van der Waals surface area contributed by atoms with Gasteiger partial charge in [-0.1, -0.05) is 34.8 Å². The van der Waals surface area contributed by atoms with Gasteiger partial charge in [0.1, 0.15) is 11.5 Å². The fourth-order valence-electron chi connectivity index (χ4n) is 2.87. The van der Waals surface area contributed by atoms with Gasteiger partial charge in [-0.05, 0) is 30.4 Å². The number of carbonyl (C=O) groups is 2. The first kappa shape index (κ1) is 18.5. The summed E-state index contributed by atoms with van der Waals surface area (Å²) in [5.74, 6) is -0.262. The number of benzene rings is 1. The van der Waals surface area contributed by atoms with Gasteiger partial charge in [0.2, 0.25) is 0 Å². The molecule has 7 nitrogen and oxygen atoms in total. The van der Waals surface area contributed by atoms with E-state index in [-0.39, 0.29) is 25.0 Å². The van der Waals surface area contributed by atoms with Gasteiger partial charge in [0, 0.05) is 26.2 Å². The van der Waals surface area contributed by atoms with Gasteiger partial charge in [-0.3, -0.25) is 14.5 Å². The molecular weight excluding hydrogens is 352 g/mol. The standard InChI is InChI=1S/C18H22N4O3S/c1-14-17(26-20-19-14)18(24)22-9-5-8-21(10-11-22)12-16(23)25-13-15-6-3-2-4-7-15/h2-4,6-7H,5,8-13H2,1H3. The number of nitrogens with zero attached hydrogens (tertiary/aromatic N) is 4.